The number of hydrogen-bond acceptors (Lipinski definition) is 4. The van der Waals surface area contributed by atoms with Gasteiger partial charge in [-0.05, 0) is 0 Å². The maximum absolute atomic E-state index is 7.77. The number of hydrogen-bond donors (Lipinski definition) is 0. The summed E-state index contributed by atoms with van der Waals surface area (Å²) in [5.74, 6) is 0. The van der Waals surface area contributed by atoms with E-state index in [1.807, 2.05) is 0 Å². The van der Waals surface area contributed by atoms with E-state index in [4.69, 9.17) is 12.7 Å². The summed E-state index contributed by atoms with van der Waals surface area (Å²) >= 11 is -4.13. The van der Waals surface area contributed by atoms with E-state index in [0.717, 1.165) is 12.8 Å². The molecule has 0 aliphatic rings. The van der Waals surface area contributed by atoms with Crippen molar-refractivity contribution in [3.8, 4) is 0 Å². The van der Waals surface area contributed by atoms with Crippen molar-refractivity contribution in [2.75, 3.05) is 0 Å². The Morgan fingerprint density at radius 2 is 0.667 bits per heavy atom. The monoisotopic (exact) mass is 624 g/mol. The minimum absolute atomic E-state index is 0.0968. The predicted octanol–water partition coefficient (Wildman–Crippen LogP) is 12.2. The second-order valence-electron chi connectivity index (χ2n) is 12.4. The summed E-state index contributed by atoms with van der Waals surface area (Å²) in [5.41, 5.74) is 0. The summed E-state index contributed by atoms with van der Waals surface area (Å²) in [7, 11) is -4.23. The van der Waals surface area contributed by atoms with Crippen LogP contribution in [0.1, 0.15) is 159 Å². The Morgan fingerprint density at radius 3 is 0.846 bits per heavy atom. The van der Waals surface area contributed by atoms with Gasteiger partial charge in [-0.25, -0.2) is 0 Å². The molecule has 0 fully saturated rings. The van der Waals surface area contributed by atoms with Gasteiger partial charge in [0.2, 0.25) is 0 Å². The molecular weight excluding hydrogens is 552 g/mol. The van der Waals surface area contributed by atoms with Crippen molar-refractivity contribution in [1.29, 1.82) is 0 Å². The number of unbranched alkanes of at least 4 members (excludes halogenated alkanes) is 6. The van der Waals surface area contributed by atoms with E-state index in [2.05, 4.69) is 69.2 Å². The molecule has 0 rings (SSSR count). The van der Waals surface area contributed by atoms with Crippen molar-refractivity contribution < 1.29 is 30.8 Å². The van der Waals surface area contributed by atoms with Gasteiger partial charge < -0.3 is 0 Å². The van der Waals surface area contributed by atoms with Crippen LogP contribution in [0.25, 0.3) is 0 Å². The third-order valence-corrected chi connectivity index (χ3v) is 26.0. The SMILES string of the molecule is CCCC[Si](CCCC)(CCCC)[O][Ti]([O]C(C)CC)([O]C(C)CC)[O][Si](CCCC)(CCCC)CCCC. The first kappa shape index (κ1) is 40.0. The summed E-state index contributed by atoms with van der Waals surface area (Å²) in [5, 5.41) is 0. The first-order valence-corrected chi connectivity index (χ1v) is 25.1. The van der Waals surface area contributed by atoms with Crippen LogP contribution in [0.2, 0.25) is 36.3 Å². The normalized spacial score (nSPS) is 14.6. The van der Waals surface area contributed by atoms with Crippen molar-refractivity contribution in [2.45, 2.75) is 208 Å². The predicted molar refractivity (Wildman–Crippen MR) is 174 cm³/mol. The molecule has 0 spiro atoms. The molecule has 0 bridgehead atoms. The Labute approximate surface area is 254 Å². The van der Waals surface area contributed by atoms with Crippen LogP contribution in [0.4, 0.5) is 0 Å². The maximum atomic E-state index is 7.77. The van der Waals surface area contributed by atoms with Crippen LogP contribution in [-0.4, -0.2) is 28.8 Å². The zero-order valence-electron chi connectivity index (χ0n) is 28.4. The molecule has 0 heterocycles. The van der Waals surface area contributed by atoms with Gasteiger partial charge in [-0.2, -0.15) is 0 Å². The Morgan fingerprint density at radius 1 is 0.436 bits per heavy atom. The molecule has 0 N–H and O–H groups in total. The summed E-state index contributed by atoms with van der Waals surface area (Å²) < 4.78 is 29.8. The van der Waals surface area contributed by atoms with Crippen molar-refractivity contribution in [2.24, 2.45) is 0 Å². The average Bonchev–Trinajstić information content (AvgIpc) is 2.94. The van der Waals surface area contributed by atoms with Gasteiger partial charge >= 0.3 is 255 Å². The molecule has 236 valence electrons. The second-order valence-corrected chi connectivity index (χ2v) is 24.7. The zero-order chi connectivity index (χ0) is 29.6. The van der Waals surface area contributed by atoms with E-state index in [1.54, 1.807) is 0 Å². The second kappa shape index (κ2) is 23.4. The Balaban J connectivity index is 7.01. The van der Waals surface area contributed by atoms with Gasteiger partial charge in [0.1, 0.15) is 0 Å². The van der Waals surface area contributed by atoms with Gasteiger partial charge in [-0.15, -0.1) is 0 Å². The fourth-order valence-electron chi connectivity index (χ4n) is 5.38. The quantitative estimate of drug-likeness (QED) is 0.0812. The molecule has 0 saturated heterocycles. The molecule has 0 aliphatic carbocycles. The Bertz CT molecular complexity index is 475. The Kier molecular flexibility index (Phi) is 24.0. The molecule has 2 unspecified atom stereocenters. The van der Waals surface area contributed by atoms with Crippen LogP contribution < -0.4 is 0 Å². The van der Waals surface area contributed by atoms with Crippen LogP contribution in [0.5, 0.6) is 0 Å². The first-order valence-electron chi connectivity index (χ1n) is 17.4. The zero-order valence-corrected chi connectivity index (χ0v) is 32.0. The van der Waals surface area contributed by atoms with Crippen LogP contribution in [0.15, 0.2) is 0 Å². The van der Waals surface area contributed by atoms with Crippen LogP contribution >= 0.6 is 0 Å². The van der Waals surface area contributed by atoms with Crippen LogP contribution in [0, 0.1) is 0 Å². The molecule has 0 aromatic heterocycles. The summed E-state index contributed by atoms with van der Waals surface area (Å²) in [6.07, 6.45) is 16.9. The van der Waals surface area contributed by atoms with Crippen LogP contribution in [0.3, 0.4) is 0 Å². The third kappa shape index (κ3) is 16.4. The molecular formula is C32H72O4Si2Ti. The topological polar surface area (TPSA) is 36.9 Å². The molecule has 39 heavy (non-hydrogen) atoms. The van der Waals surface area contributed by atoms with Gasteiger partial charge in [0.15, 0.2) is 0 Å². The third-order valence-electron chi connectivity index (χ3n) is 8.44. The van der Waals surface area contributed by atoms with E-state index in [0.29, 0.717) is 0 Å². The van der Waals surface area contributed by atoms with E-state index in [9.17, 15) is 0 Å². The summed E-state index contributed by atoms with van der Waals surface area (Å²) in [4.78, 5) is 0. The van der Waals surface area contributed by atoms with Gasteiger partial charge in [0.05, 0.1) is 0 Å². The van der Waals surface area contributed by atoms with Crippen LogP contribution in [-0.2, 0) is 30.8 Å². The van der Waals surface area contributed by atoms with Gasteiger partial charge in [-0.1, -0.05) is 0 Å². The molecule has 0 radical (unpaired) electrons. The van der Waals surface area contributed by atoms with Crippen molar-refractivity contribution in [3.63, 3.8) is 0 Å². The molecule has 0 aliphatic heterocycles. The van der Waals surface area contributed by atoms with Gasteiger partial charge in [0.25, 0.3) is 0 Å². The molecule has 4 nitrogen and oxygen atoms in total. The standard InChI is InChI=1S/2C12H27OSi.2C4H9O.Ti/c2*1-4-7-10-14(13,11-8-5-2)12-9-6-3;2*1-3-4(2)5;/h2*4-12H2,1-3H3;2*4H,3H2,1-2H3;/q4*-1;+4. The van der Waals surface area contributed by atoms with Crippen molar-refractivity contribution in [3.05, 3.63) is 0 Å². The molecule has 0 saturated carbocycles. The fourth-order valence-corrected chi connectivity index (χ4v) is 26.4. The van der Waals surface area contributed by atoms with E-state index in [-0.39, 0.29) is 12.2 Å². The molecule has 7 heteroatoms. The molecule has 2 atom stereocenters. The van der Waals surface area contributed by atoms with Crippen molar-refractivity contribution >= 4 is 16.6 Å². The first-order chi connectivity index (χ1) is 18.7. The summed E-state index contributed by atoms with van der Waals surface area (Å²) in [6.45, 7) is 22.9. The van der Waals surface area contributed by atoms with Gasteiger partial charge in [0, 0.05) is 0 Å². The average molecular weight is 625 g/mol. The van der Waals surface area contributed by atoms with Gasteiger partial charge in [-0.3, -0.25) is 0 Å². The van der Waals surface area contributed by atoms with Crippen molar-refractivity contribution in [1.82, 2.24) is 0 Å². The van der Waals surface area contributed by atoms with E-state index in [1.165, 1.54) is 113 Å². The molecule has 0 aromatic carbocycles. The van der Waals surface area contributed by atoms with E-state index < -0.39 is 34.8 Å². The molecule has 0 aromatic rings. The van der Waals surface area contributed by atoms with E-state index >= 15 is 0 Å². The number of rotatable bonds is 28. The minimum atomic E-state index is -4.13. The fraction of sp³-hybridized carbons (Fsp3) is 1.00. The molecule has 0 amide bonds. The summed E-state index contributed by atoms with van der Waals surface area (Å²) in [6, 6.07) is 7.34. The Hall–Kier alpha value is 0.988.